The number of unbranched alkanes of at least 4 members (excludes halogenated alkanes) is 1. The molecule has 0 atom stereocenters. The Labute approximate surface area is 98.3 Å². The van der Waals surface area contributed by atoms with Gasteiger partial charge in [-0.2, -0.15) is 0 Å². The van der Waals surface area contributed by atoms with Crippen molar-refractivity contribution in [3.8, 4) is 0 Å². The van der Waals surface area contributed by atoms with E-state index < -0.39 is 0 Å². The molecule has 90 valence electrons. The van der Waals surface area contributed by atoms with Crippen molar-refractivity contribution >= 4 is 0 Å². The lowest BCUT2D eigenvalue weighted by Crippen LogP contribution is -2.12. The Morgan fingerprint density at radius 1 is 1.25 bits per heavy atom. The van der Waals surface area contributed by atoms with Crippen molar-refractivity contribution in [3.63, 3.8) is 0 Å². The largest absolute Gasteiger partial charge is 0.332 e. The summed E-state index contributed by atoms with van der Waals surface area (Å²) in [6, 6.07) is 0. The maximum Gasteiger partial charge on any atom is 0.106 e. The molecule has 0 spiro atoms. The monoisotopic (exact) mass is 221 g/mol. The van der Waals surface area contributed by atoms with Gasteiger partial charge in [0.1, 0.15) is 5.82 Å². The van der Waals surface area contributed by atoms with E-state index in [-0.39, 0.29) is 0 Å². The lowest BCUT2D eigenvalue weighted by Gasteiger charge is -2.14. The van der Waals surface area contributed by atoms with Gasteiger partial charge in [-0.25, -0.2) is 4.98 Å². The van der Waals surface area contributed by atoms with E-state index in [9.17, 15) is 0 Å². The van der Waals surface area contributed by atoms with E-state index in [1.54, 1.807) is 0 Å². The predicted octanol–water partition coefficient (Wildman–Crippen LogP) is 2.07. The first-order valence-corrected chi connectivity index (χ1v) is 6.52. The Kier molecular flexibility index (Phi) is 3.99. The third kappa shape index (κ3) is 2.46. The third-order valence-corrected chi connectivity index (χ3v) is 3.48. The Hall–Kier alpha value is -0.830. The van der Waals surface area contributed by atoms with E-state index >= 15 is 0 Å². The second-order valence-electron chi connectivity index (χ2n) is 4.72. The van der Waals surface area contributed by atoms with Gasteiger partial charge in [0.25, 0.3) is 0 Å². The molecule has 0 saturated carbocycles. The molecule has 1 heterocycles. The van der Waals surface area contributed by atoms with Crippen molar-refractivity contribution in [1.82, 2.24) is 14.9 Å². The first-order chi connectivity index (χ1) is 7.83. The minimum Gasteiger partial charge on any atom is -0.332 e. The molecule has 3 nitrogen and oxygen atoms in total. The number of fused-ring (bicyclic) bond motifs is 1. The van der Waals surface area contributed by atoms with Crippen LogP contribution in [0.5, 0.6) is 0 Å². The summed E-state index contributed by atoms with van der Waals surface area (Å²) in [5.74, 6) is 1.22. The highest BCUT2D eigenvalue weighted by molar-refractivity contribution is 5.19. The van der Waals surface area contributed by atoms with Crippen LogP contribution in [0, 0.1) is 6.92 Å². The van der Waals surface area contributed by atoms with Crippen LogP contribution >= 0.6 is 0 Å². The van der Waals surface area contributed by atoms with Gasteiger partial charge in [-0.15, -0.1) is 0 Å². The molecule has 0 aromatic carbocycles. The van der Waals surface area contributed by atoms with E-state index in [2.05, 4.69) is 16.8 Å². The van der Waals surface area contributed by atoms with Gasteiger partial charge in [0, 0.05) is 12.2 Å². The second kappa shape index (κ2) is 5.48. The molecule has 1 aliphatic carbocycles. The molecule has 1 N–H and O–H groups in total. The van der Waals surface area contributed by atoms with Crippen LogP contribution < -0.4 is 5.32 Å². The lowest BCUT2D eigenvalue weighted by atomic mass is 10.0. The SMILES string of the molecule is CNCCCCn1c(C)nc2c1CCCC2. The van der Waals surface area contributed by atoms with Crippen molar-refractivity contribution in [1.29, 1.82) is 0 Å². The van der Waals surface area contributed by atoms with Crippen LogP contribution in [-0.4, -0.2) is 23.1 Å². The Morgan fingerprint density at radius 3 is 2.88 bits per heavy atom. The van der Waals surface area contributed by atoms with Gasteiger partial charge < -0.3 is 9.88 Å². The molecular weight excluding hydrogens is 198 g/mol. The fourth-order valence-corrected chi connectivity index (χ4v) is 2.60. The molecule has 1 aliphatic rings. The van der Waals surface area contributed by atoms with Crippen LogP contribution in [0.1, 0.15) is 42.9 Å². The van der Waals surface area contributed by atoms with Gasteiger partial charge in [0.2, 0.25) is 0 Å². The minimum absolute atomic E-state index is 1.12. The Balaban J connectivity index is 1.99. The predicted molar refractivity (Wildman–Crippen MR) is 66.8 cm³/mol. The molecule has 0 radical (unpaired) electrons. The van der Waals surface area contributed by atoms with E-state index in [4.69, 9.17) is 4.98 Å². The fraction of sp³-hybridized carbons (Fsp3) is 0.769. The molecule has 0 bridgehead atoms. The maximum absolute atomic E-state index is 4.70. The number of nitrogens with zero attached hydrogens (tertiary/aromatic N) is 2. The van der Waals surface area contributed by atoms with Crippen LogP contribution in [0.4, 0.5) is 0 Å². The highest BCUT2D eigenvalue weighted by atomic mass is 15.1. The maximum atomic E-state index is 4.70. The summed E-state index contributed by atoms with van der Waals surface area (Å²) in [6.45, 7) is 4.42. The van der Waals surface area contributed by atoms with Gasteiger partial charge in [0.15, 0.2) is 0 Å². The number of aryl methyl sites for hydroxylation is 2. The molecule has 1 aromatic heterocycles. The smallest absolute Gasteiger partial charge is 0.106 e. The third-order valence-electron chi connectivity index (χ3n) is 3.48. The van der Waals surface area contributed by atoms with Crippen LogP contribution in [-0.2, 0) is 19.4 Å². The summed E-state index contributed by atoms with van der Waals surface area (Å²) < 4.78 is 2.45. The van der Waals surface area contributed by atoms with Gasteiger partial charge in [-0.05, 0) is 59.0 Å². The van der Waals surface area contributed by atoms with Crippen molar-refractivity contribution in [2.24, 2.45) is 0 Å². The fourth-order valence-electron chi connectivity index (χ4n) is 2.60. The minimum atomic E-state index is 1.12. The quantitative estimate of drug-likeness (QED) is 0.771. The Bertz CT molecular complexity index is 341. The summed E-state index contributed by atoms with van der Waals surface area (Å²) in [7, 11) is 2.02. The molecule has 1 aromatic rings. The summed E-state index contributed by atoms with van der Waals surface area (Å²) >= 11 is 0. The second-order valence-corrected chi connectivity index (χ2v) is 4.72. The van der Waals surface area contributed by atoms with Crippen molar-refractivity contribution in [2.45, 2.75) is 52.0 Å². The van der Waals surface area contributed by atoms with E-state index in [0.29, 0.717) is 0 Å². The van der Waals surface area contributed by atoms with Gasteiger partial charge in [-0.3, -0.25) is 0 Å². The Morgan fingerprint density at radius 2 is 2.06 bits per heavy atom. The molecule has 0 amide bonds. The number of rotatable bonds is 5. The van der Waals surface area contributed by atoms with Crippen LogP contribution in [0.3, 0.4) is 0 Å². The highest BCUT2D eigenvalue weighted by Crippen LogP contribution is 2.22. The molecule has 16 heavy (non-hydrogen) atoms. The molecule has 0 unspecified atom stereocenters. The van der Waals surface area contributed by atoms with Crippen LogP contribution in [0.15, 0.2) is 0 Å². The van der Waals surface area contributed by atoms with Crippen LogP contribution in [0.2, 0.25) is 0 Å². The average molecular weight is 221 g/mol. The summed E-state index contributed by atoms with van der Waals surface area (Å²) in [4.78, 5) is 4.70. The van der Waals surface area contributed by atoms with Gasteiger partial charge in [-0.1, -0.05) is 0 Å². The zero-order valence-electron chi connectivity index (χ0n) is 10.6. The van der Waals surface area contributed by atoms with Crippen LogP contribution in [0.25, 0.3) is 0 Å². The highest BCUT2D eigenvalue weighted by Gasteiger charge is 2.17. The number of nitrogens with one attached hydrogen (secondary N) is 1. The van der Waals surface area contributed by atoms with Crippen molar-refractivity contribution in [2.75, 3.05) is 13.6 Å². The summed E-state index contributed by atoms with van der Waals surface area (Å²) in [6.07, 6.45) is 7.60. The molecule has 3 heteroatoms. The van der Waals surface area contributed by atoms with Gasteiger partial charge in [0.05, 0.1) is 5.69 Å². The van der Waals surface area contributed by atoms with E-state index in [0.717, 1.165) is 13.1 Å². The van der Waals surface area contributed by atoms with E-state index in [1.165, 1.54) is 55.7 Å². The number of imidazole rings is 1. The molecule has 2 rings (SSSR count). The van der Waals surface area contributed by atoms with Crippen molar-refractivity contribution in [3.05, 3.63) is 17.2 Å². The summed E-state index contributed by atoms with van der Waals surface area (Å²) in [5.41, 5.74) is 2.89. The number of hydrogen-bond donors (Lipinski definition) is 1. The summed E-state index contributed by atoms with van der Waals surface area (Å²) in [5, 5.41) is 3.20. The normalized spacial score (nSPS) is 15.1. The number of hydrogen-bond acceptors (Lipinski definition) is 2. The molecule has 0 aliphatic heterocycles. The first kappa shape index (κ1) is 11.6. The van der Waals surface area contributed by atoms with Crippen molar-refractivity contribution < 1.29 is 0 Å². The molecule has 0 saturated heterocycles. The topological polar surface area (TPSA) is 29.9 Å². The molecular formula is C13H23N3. The van der Waals surface area contributed by atoms with E-state index in [1.807, 2.05) is 7.05 Å². The first-order valence-electron chi connectivity index (χ1n) is 6.52. The van der Waals surface area contributed by atoms with Gasteiger partial charge >= 0.3 is 0 Å². The zero-order valence-corrected chi connectivity index (χ0v) is 10.6. The lowest BCUT2D eigenvalue weighted by molar-refractivity contribution is 0.549. The standard InChI is InChI=1S/C13H23N3/c1-11-15-12-7-3-4-8-13(12)16(11)10-6-5-9-14-2/h14H,3-10H2,1-2H3. The average Bonchev–Trinajstić information content (AvgIpc) is 2.61. The zero-order chi connectivity index (χ0) is 11.4. The molecule has 0 fully saturated rings. The number of aromatic nitrogens is 2.